The normalized spacial score (nSPS) is 26.1. The molecule has 0 N–H and O–H groups in total. The van der Waals surface area contributed by atoms with Crippen LogP contribution in [0, 0.1) is 12.8 Å². The van der Waals surface area contributed by atoms with E-state index in [1.54, 1.807) is 0 Å². The molecule has 0 bridgehead atoms. The van der Waals surface area contributed by atoms with Crippen molar-refractivity contribution in [3.8, 4) is 5.88 Å². The van der Waals surface area contributed by atoms with Gasteiger partial charge in [0.05, 0.1) is 12.2 Å². The van der Waals surface area contributed by atoms with E-state index >= 15 is 0 Å². The summed E-state index contributed by atoms with van der Waals surface area (Å²) in [4.78, 5) is 19.3. The van der Waals surface area contributed by atoms with Crippen molar-refractivity contribution < 1.29 is 19.0 Å². The molecule has 1 amide bonds. The maximum absolute atomic E-state index is 12.8. The van der Waals surface area contributed by atoms with Crippen molar-refractivity contribution >= 4 is 5.91 Å². The summed E-state index contributed by atoms with van der Waals surface area (Å²) in [5.41, 5.74) is 0.813. The minimum atomic E-state index is -0.154. The molecule has 4 heterocycles. The Kier molecular flexibility index (Phi) is 5.64. The van der Waals surface area contributed by atoms with E-state index in [2.05, 4.69) is 4.98 Å². The fraction of sp³-hybridized carbons (Fsp3) is 0.714. The van der Waals surface area contributed by atoms with Crippen LogP contribution < -0.4 is 4.74 Å². The second-order valence-corrected chi connectivity index (χ2v) is 8.09. The van der Waals surface area contributed by atoms with Crippen molar-refractivity contribution in [3.63, 3.8) is 0 Å². The number of carbonyl (C=O) groups excluding carboxylic acids is 1. The highest BCUT2D eigenvalue weighted by molar-refractivity contribution is 5.79. The Morgan fingerprint density at radius 2 is 1.96 bits per heavy atom. The molecule has 0 radical (unpaired) electrons. The lowest BCUT2D eigenvalue weighted by molar-refractivity contribution is -0.156. The number of rotatable bonds is 3. The monoisotopic (exact) mass is 374 g/mol. The van der Waals surface area contributed by atoms with Gasteiger partial charge in [0.15, 0.2) is 0 Å². The van der Waals surface area contributed by atoms with Gasteiger partial charge in [-0.1, -0.05) is 6.07 Å². The molecule has 3 aliphatic rings. The predicted molar refractivity (Wildman–Crippen MR) is 101 cm³/mol. The lowest BCUT2D eigenvalue weighted by Crippen LogP contribution is -2.53. The molecule has 0 aromatic carbocycles. The van der Waals surface area contributed by atoms with Crippen molar-refractivity contribution in [2.75, 3.05) is 32.9 Å². The summed E-state index contributed by atoms with van der Waals surface area (Å²) >= 11 is 0. The summed E-state index contributed by atoms with van der Waals surface area (Å²) in [5, 5.41) is 0. The molecule has 1 atom stereocenters. The van der Waals surface area contributed by atoms with Gasteiger partial charge in [-0.25, -0.2) is 4.98 Å². The number of amides is 1. The maximum atomic E-state index is 12.8. The van der Waals surface area contributed by atoms with Crippen molar-refractivity contribution in [1.29, 1.82) is 0 Å². The van der Waals surface area contributed by atoms with Gasteiger partial charge in [0.2, 0.25) is 11.8 Å². The Labute approximate surface area is 161 Å². The van der Waals surface area contributed by atoms with Crippen molar-refractivity contribution in [1.82, 2.24) is 9.88 Å². The molecule has 0 saturated carbocycles. The summed E-state index contributed by atoms with van der Waals surface area (Å²) in [6, 6.07) is 5.88. The molecule has 4 rings (SSSR count). The Morgan fingerprint density at radius 1 is 1.19 bits per heavy atom. The molecule has 148 valence electrons. The van der Waals surface area contributed by atoms with Gasteiger partial charge in [0.25, 0.3) is 0 Å². The number of hydrogen-bond donors (Lipinski definition) is 0. The van der Waals surface area contributed by atoms with Crippen LogP contribution in [0.25, 0.3) is 0 Å². The van der Waals surface area contributed by atoms with Gasteiger partial charge in [-0.05, 0) is 38.7 Å². The number of pyridine rings is 1. The van der Waals surface area contributed by atoms with E-state index in [9.17, 15) is 4.79 Å². The minimum absolute atomic E-state index is 0.130. The first-order valence-corrected chi connectivity index (χ1v) is 10.2. The number of hydrogen-bond acceptors (Lipinski definition) is 5. The summed E-state index contributed by atoms with van der Waals surface area (Å²) < 4.78 is 17.7. The third-order valence-corrected chi connectivity index (χ3v) is 6.15. The Morgan fingerprint density at radius 3 is 2.70 bits per heavy atom. The molecule has 3 fully saturated rings. The van der Waals surface area contributed by atoms with Crippen LogP contribution >= 0.6 is 0 Å². The van der Waals surface area contributed by atoms with E-state index in [0.717, 1.165) is 57.3 Å². The van der Waals surface area contributed by atoms with E-state index in [1.165, 1.54) is 0 Å². The molecule has 3 aliphatic heterocycles. The van der Waals surface area contributed by atoms with Gasteiger partial charge >= 0.3 is 0 Å². The quantitative estimate of drug-likeness (QED) is 0.814. The third kappa shape index (κ3) is 4.43. The molecular weight excluding hydrogens is 344 g/mol. The van der Waals surface area contributed by atoms with Gasteiger partial charge in [-0.15, -0.1) is 0 Å². The van der Waals surface area contributed by atoms with E-state index in [4.69, 9.17) is 14.2 Å². The number of aromatic nitrogens is 1. The van der Waals surface area contributed by atoms with Crippen molar-refractivity contribution in [2.24, 2.45) is 5.92 Å². The molecule has 0 aliphatic carbocycles. The average molecular weight is 374 g/mol. The zero-order valence-corrected chi connectivity index (χ0v) is 16.2. The van der Waals surface area contributed by atoms with Crippen LogP contribution in [0.5, 0.6) is 5.88 Å². The molecule has 1 aromatic rings. The van der Waals surface area contributed by atoms with Gasteiger partial charge in [-0.3, -0.25) is 4.79 Å². The molecule has 1 spiro atoms. The summed E-state index contributed by atoms with van der Waals surface area (Å²) in [6.45, 7) is 5.68. The van der Waals surface area contributed by atoms with Crippen molar-refractivity contribution in [2.45, 2.75) is 57.2 Å². The third-order valence-electron chi connectivity index (χ3n) is 6.15. The lowest BCUT2D eigenvalue weighted by atomic mass is 9.82. The number of carbonyl (C=O) groups is 1. The van der Waals surface area contributed by atoms with Gasteiger partial charge in [-0.2, -0.15) is 0 Å². The fourth-order valence-corrected chi connectivity index (χ4v) is 4.52. The second-order valence-electron chi connectivity index (χ2n) is 8.09. The van der Waals surface area contributed by atoms with E-state index in [1.807, 2.05) is 30.0 Å². The maximum Gasteiger partial charge on any atom is 0.225 e. The van der Waals surface area contributed by atoms with Crippen LogP contribution in [0.15, 0.2) is 18.2 Å². The smallest absolute Gasteiger partial charge is 0.225 e. The molecule has 1 unspecified atom stereocenters. The average Bonchev–Trinajstić information content (AvgIpc) is 2.69. The van der Waals surface area contributed by atoms with Crippen LogP contribution in [-0.2, 0) is 14.3 Å². The number of piperidine rings is 1. The topological polar surface area (TPSA) is 60.9 Å². The summed E-state index contributed by atoms with van der Waals surface area (Å²) in [7, 11) is 0. The molecule has 6 heteroatoms. The highest BCUT2D eigenvalue weighted by atomic mass is 16.5. The first-order valence-electron chi connectivity index (χ1n) is 10.2. The standard InChI is InChI=1S/C21H30N2O4/c1-16-3-2-4-19(22-16)27-18-7-14-26-21(15-18)8-10-23(11-9-21)20(24)17-5-12-25-13-6-17/h2-4,17-18H,5-15H2,1H3. The van der Waals surface area contributed by atoms with Crippen molar-refractivity contribution in [3.05, 3.63) is 23.9 Å². The number of aryl methyl sites for hydroxylation is 1. The van der Waals surface area contributed by atoms with E-state index in [-0.39, 0.29) is 17.6 Å². The van der Waals surface area contributed by atoms with Gasteiger partial charge < -0.3 is 19.1 Å². The number of ether oxygens (including phenoxy) is 3. The molecule has 27 heavy (non-hydrogen) atoms. The molecular formula is C21H30N2O4. The van der Waals surface area contributed by atoms with E-state index in [0.29, 0.717) is 31.6 Å². The van der Waals surface area contributed by atoms with Gasteiger partial charge in [0.1, 0.15) is 6.10 Å². The van der Waals surface area contributed by atoms with Crippen LogP contribution in [0.2, 0.25) is 0 Å². The Bertz CT molecular complexity index is 651. The highest BCUT2D eigenvalue weighted by Crippen LogP contribution is 2.37. The van der Waals surface area contributed by atoms with E-state index < -0.39 is 0 Å². The zero-order valence-electron chi connectivity index (χ0n) is 16.2. The predicted octanol–water partition coefficient (Wildman–Crippen LogP) is 2.74. The highest BCUT2D eigenvalue weighted by Gasteiger charge is 2.42. The second kappa shape index (κ2) is 8.15. The number of nitrogens with zero attached hydrogens (tertiary/aromatic N) is 2. The van der Waals surface area contributed by atoms with Gasteiger partial charge in [0, 0.05) is 56.8 Å². The molecule has 3 saturated heterocycles. The molecule has 6 nitrogen and oxygen atoms in total. The number of likely N-dealkylation sites (tertiary alicyclic amines) is 1. The first-order chi connectivity index (χ1) is 13.1. The zero-order chi connectivity index (χ0) is 18.7. The van der Waals surface area contributed by atoms with Crippen LogP contribution in [0.4, 0.5) is 0 Å². The summed E-state index contributed by atoms with van der Waals surface area (Å²) in [6.07, 6.45) is 5.40. The largest absolute Gasteiger partial charge is 0.474 e. The Hall–Kier alpha value is -1.66. The first kappa shape index (κ1) is 18.7. The summed E-state index contributed by atoms with van der Waals surface area (Å²) in [5.74, 6) is 1.15. The minimum Gasteiger partial charge on any atom is -0.474 e. The SMILES string of the molecule is Cc1cccc(OC2CCOC3(CCN(C(=O)C4CCOCC4)CC3)C2)n1. The lowest BCUT2D eigenvalue weighted by Gasteiger charge is -2.46. The Balaban J connectivity index is 1.32. The fourth-order valence-electron chi connectivity index (χ4n) is 4.52. The van der Waals surface area contributed by atoms with Crippen LogP contribution in [0.1, 0.15) is 44.2 Å². The van der Waals surface area contributed by atoms with Crippen LogP contribution in [0.3, 0.4) is 0 Å². The van der Waals surface area contributed by atoms with Crippen LogP contribution in [-0.4, -0.2) is 60.4 Å². The molecule has 1 aromatic heterocycles.